The summed E-state index contributed by atoms with van der Waals surface area (Å²) in [6, 6.07) is -7.87. The van der Waals surface area contributed by atoms with Crippen LogP contribution in [0.3, 0.4) is 0 Å². The summed E-state index contributed by atoms with van der Waals surface area (Å²) in [4.78, 5) is 65.2. The van der Waals surface area contributed by atoms with Crippen molar-refractivity contribution in [3.05, 3.63) is 0 Å². The number of hydrogen-bond acceptors (Lipinski definition) is 52. The second kappa shape index (κ2) is 45.4. The van der Waals surface area contributed by atoms with Crippen molar-refractivity contribution in [2.24, 2.45) is 0 Å². The average Bonchev–Trinajstić information content (AvgIpc) is 0.751. The van der Waals surface area contributed by atoms with Crippen LogP contribution in [0.25, 0.3) is 0 Å². The zero-order valence-corrected chi connectivity index (χ0v) is 68.7. The monoisotopic (exact) mass is 1870 g/mol. The highest BCUT2D eigenvalue weighted by molar-refractivity contribution is 5.77. The molecule has 0 aromatic carbocycles. The lowest BCUT2D eigenvalue weighted by Crippen LogP contribution is -2.72. The van der Waals surface area contributed by atoms with Crippen LogP contribution in [-0.4, -0.2) is 550 Å². The molecule has 57 nitrogen and oxygen atoms in total. The molecule has 1 unspecified atom stereocenters. The third-order valence-corrected chi connectivity index (χ3v) is 23.4. The van der Waals surface area contributed by atoms with E-state index in [1.165, 1.54) is 6.92 Å². The van der Waals surface area contributed by atoms with E-state index in [-0.39, 0.29) is 0 Å². The number of ether oxygens (including phenoxy) is 19. The molecule has 51 atom stereocenters. The number of carboxylic acids is 1. The molecule has 0 saturated carbocycles. The zero-order valence-electron chi connectivity index (χ0n) is 68.7. The fraction of sp³-hybridized carbons (Fsp3) is 0.930. The van der Waals surface area contributed by atoms with Crippen LogP contribution in [0.1, 0.15) is 41.0 Å². The van der Waals surface area contributed by atoms with Crippen LogP contribution >= 0.6 is 0 Å². The Morgan fingerprint density at radius 1 is 0.320 bits per heavy atom. The van der Waals surface area contributed by atoms with E-state index in [0.29, 0.717) is 0 Å². The number of aliphatic hydroxyl groups is 28. The van der Waals surface area contributed by atoms with Crippen LogP contribution in [0.2, 0.25) is 0 Å². The van der Waals surface area contributed by atoms with E-state index in [2.05, 4.69) is 21.3 Å². The Kier molecular flexibility index (Phi) is 37.4. The van der Waals surface area contributed by atoms with Crippen molar-refractivity contribution >= 4 is 29.6 Å². The van der Waals surface area contributed by atoms with Gasteiger partial charge in [0.05, 0.1) is 77.7 Å². The van der Waals surface area contributed by atoms with E-state index >= 15 is 0 Å². The minimum atomic E-state index is -3.30. The van der Waals surface area contributed by atoms with Gasteiger partial charge in [-0.2, -0.15) is 0 Å². The molecular formula is C71H118N4O53. The first kappa shape index (κ1) is 106. The van der Waals surface area contributed by atoms with Crippen LogP contribution < -0.4 is 21.3 Å². The van der Waals surface area contributed by atoms with Crippen molar-refractivity contribution in [2.75, 3.05) is 59.5 Å². The molecule has 10 rings (SSSR count). The van der Waals surface area contributed by atoms with Crippen LogP contribution in [-0.2, 0) is 114 Å². The van der Waals surface area contributed by atoms with Gasteiger partial charge in [0.15, 0.2) is 56.6 Å². The van der Waals surface area contributed by atoms with Crippen molar-refractivity contribution in [3.63, 3.8) is 0 Å². The molecule has 0 aromatic heterocycles. The SMILES string of the molecule is CC(=O)N[C@H]1[C@H](O[C@H]2[C@@H](O)[C@@H](CO)O[C@@H](O[C@H]3[C@H](O)[C@@H](O)C(O)O[C@@H]3CO)[C@@H]2O)O[C@H](CO)[C@@H](O[C@@H]2O[C@H](CO)[C@H](O)[C@H](O[C@@H]3O[C@H](CO)[C@@H](O[C@@H]4O[C@H](CO)[C@H](O)[C@H](O[C@@H]5O[C@H](CO)[C@@H](O[C@@H]6O[C@H](CO)[C@H](O)[C@H](O[C@]7(C(=O)O)C[C@H](O)[C@@H](NC(C)=O)[C@H]([C@H](O)[C@H](O)CO)O7)[C@H]6O)[C@H](O)[C@H]5NC(C)=O)[C@H]4O)[C@H](O[C@@H]4O[C@@H](C)[C@@H](O)[C@@H](O)[C@@H]4O)[C@H]3NC(C)=O)[C@H]2O)[C@@H]1O. The molecule has 0 bridgehead atoms. The Balaban J connectivity index is 0.903. The van der Waals surface area contributed by atoms with Gasteiger partial charge in [0.25, 0.3) is 5.79 Å². The van der Waals surface area contributed by atoms with Crippen LogP contribution in [0.5, 0.6) is 0 Å². The summed E-state index contributed by atoms with van der Waals surface area (Å²) in [5.41, 5.74) is 0. The fourth-order valence-electron chi connectivity index (χ4n) is 16.7. The minimum absolute atomic E-state index is 0.876. The van der Waals surface area contributed by atoms with Crippen LogP contribution in [0.4, 0.5) is 0 Å². The van der Waals surface area contributed by atoms with Crippen molar-refractivity contribution in [3.8, 4) is 0 Å². The van der Waals surface area contributed by atoms with Gasteiger partial charge in [0.2, 0.25) is 23.6 Å². The molecule has 128 heavy (non-hydrogen) atoms. The summed E-state index contributed by atoms with van der Waals surface area (Å²) < 4.78 is 112. The molecule has 10 fully saturated rings. The summed E-state index contributed by atoms with van der Waals surface area (Å²) in [6.45, 7) is -5.83. The number of rotatable bonds is 34. The molecule has 10 aliphatic rings. The number of aliphatic carboxylic acids is 1. The van der Waals surface area contributed by atoms with E-state index < -0.39 is 408 Å². The van der Waals surface area contributed by atoms with Gasteiger partial charge in [-0.15, -0.1) is 0 Å². The Labute approximate surface area is 723 Å². The molecule has 10 aliphatic heterocycles. The molecule has 33 N–H and O–H groups in total. The summed E-state index contributed by atoms with van der Waals surface area (Å²) in [5, 5.41) is 332. The normalized spacial score (nSPS) is 48.4. The van der Waals surface area contributed by atoms with Crippen LogP contribution in [0, 0.1) is 0 Å². The maximum atomic E-state index is 13.6. The lowest BCUT2D eigenvalue weighted by Gasteiger charge is -2.52. The Morgan fingerprint density at radius 2 is 0.625 bits per heavy atom. The van der Waals surface area contributed by atoms with Crippen molar-refractivity contribution in [1.29, 1.82) is 0 Å². The maximum absolute atomic E-state index is 13.6. The molecule has 10 heterocycles. The highest BCUT2D eigenvalue weighted by Crippen LogP contribution is 2.43. The second-order valence-corrected chi connectivity index (χ2v) is 32.3. The van der Waals surface area contributed by atoms with E-state index in [4.69, 9.17) is 90.0 Å². The van der Waals surface area contributed by atoms with Gasteiger partial charge in [-0.25, -0.2) is 4.79 Å². The van der Waals surface area contributed by atoms with Gasteiger partial charge >= 0.3 is 5.97 Å². The summed E-state index contributed by atoms with van der Waals surface area (Å²) >= 11 is 0. The van der Waals surface area contributed by atoms with Crippen molar-refractivity contribution < 1.29 is 262 Å². The Morgan fingerprint density at radius 3 is 1.00 bits per heavy atom. The second-order valence-electron chi connectivity index (χ2n) is 32.3. The number of carbonyl (C=O) groups excluding carboxylic acids is 4. The first-order valence-corrected chi connectivity index (χ1v) is 40.6. The van der Waals surface area contributed by atoms with Crippen molar-refractivity contribution in [2.45, 2.75) is 353 Å². The highest BCUT2D eigenvalue weighted by Gasteiger charge is 2.65. The quantitative estimate of drug-likeness (QED) is 0.0284. The zero-order chi connectivity index (χ0) is 94.6. The summed E-state index contributed by atoms with van der Waals surface area (Å²) in [7, 11) is 0. The number of carboxylic acid groups (broad SMARTS) is 1. The molecule has 57 heteroatoms. The number of carbonyl (C=O) groups is 5. The van der Waals surface area contributed by atoms with E-state index in [1.807, 2.05) is 0 Å². The third kappa shape index (κ3) is 22.7. The van der Waals surface area contributed by atoms with E-state index in [9.17, 15) is 172 Å². The Hall–Kier alpha value is -4.53. The highest BCUT2D eigenvalue weighted by atomic mass is 16.8. The average molecular weight is 1880 g/mol. The molecule has 740 valence electrons. The molecule has 10 saturated heterocycles. The van der Waals surface area contributed by atoms with E-state index in [0.717, 1.165) is 27.7 Å². The molecule has 0 aromatic rings. The summed E-state index contributed by atoms with van der Waals surface area (Å²) in [6.07, 6.45) is -100.0. The van der Waals surface area contributed by atoms with Gasteiger partial charge < -0.3 is 259 Å². The lowest BCUT2D eigenvalue weighted by molar-refractivity contribution is -0.398. The number of nitrogens with one attached hydrogen (secondary N) is 4. The third-order valence-electron chi connectivity index (χ3n) is 23.4. The minimum Gasteiger partial charge on any atom is -0.477 e. The number of aliphatic hydroxyl groups excluding tert-OH is 28. The molecule has 4 amide bonds. The first-order valence-electron chi connectivity index (χ1n) is 40.6. The maximum Gasteiger partial charge on any atom is 0.364 e. The van der Waals surface area contributed by atoms with E-state index in [1.54, 1.807) is 0 Å². The van der Waals surface area contributed by atoms with Gasteiger partial charge in [0.1, 0.15) is 232 Å². The number of hydrogen-bond donors (Lipinski definition) is 33. The van der Waals surface area contributed by atoms with Gasteiger partial charge in [0, 0.05) is 34.1 Å². The predicted octanol–water partition coefficient (Wildman–Crippen LogP) is -22.0. The molecule has 0 spiro atoms. The Bertz CT molecular complexity index is 3530. The molecule has 0 aliphatic carbocycles. The van der Waals surface area contributed by atoms with Gasteiger partial charge in [-0.1, -0.05) is 0 Å². The van der Waals surface area contributed by atoms with Crippen molar-refractivity contribution in [1.82, 2.24) is 21.3 Å². The largest absolute Gasteiger partial charge is 0.477 e. The standard InChI is InChI=1S/C71H118N4O53/c1-16-35(91)43(99)46(102)65(110-16)123-56-34(75-20(5)88)64(126-59-39(95)24(9-78)112-66(48(59)104)119-51-28(13-82)116-62(32(41(51)97)73-18(3)86)124-57-37(93)23(8-77)113-67(47(57)103)121-53-27(12-81)111-61(107)45(101)44(53)100)118-30(15-84)54(56)122-68-49(105)58(38(94)25(10-79)114-68)125-63-33(74-19(4)87)42(98)52(29(14-83)117-63)120-69-50(106)60(40(96)26(11-80)115-69)128-71(70(108)109)6-21(89)31(72-17(2)85)55(127-71)36(92)22(90)7-76/h16,21-69,76-84,89-107H,6-15H2,1-5H3,(H,72,85)(H,73,86)(H,74,87)(H,75,88)(H,108,109)/t16-,21-,22+,23+,24+,25+,26+,27+,28+,29+,30+,31+,32+,33+,34+,35+,36+,37-,38-,39-,40-,41+,42+,43+,44+,45+,46-,47+,48+,49+,50+,51+,52+,53+,54+,55+,56+,57-,58-,59-,60-,61?,62-,63-,64-,65-,66-,67-,68-,69-,71-/m0/s1. The number of amides is 4. The van der Waals surface area contributed by atoms with Gasteiger partial charge in [-0.05, 0) is 6.92 Å². The smallest absolute Gasteiger partial charge is 0.364 e. The summed E-state index contributed by atoms with van der Waals surface area (Å²) in [5.74, 6) is -9.37. The molecule has 0 radical (unpaired) electrons. The lowest BCUT2D eigenvalue weighted by atomic mass is 9.88. The van der Waals surface area contributed by atoms with Crippen LogP contribution in [0.15, 0.2) is 0 Å². The fourth-order valence-corrected chi connectivity index (χ4v) is 16.7. The topological polar surface area (TPSA) is 896 Å². The van der Waals surface area contributed by atoms with Gasteiger partial charge in [-0.3, -0.25) is 19.2 Å². The predicted molar refractivity (Wildman–Crippen MR) is 392 cm³/mol. The first-order chi connectivity index (χ1) is 60.4. The molecular weight excluding hydrogens is 1760 g/mol.